The Hall–Kier alpha value is -1.56. The van der Waals surface area contributed by atoms with Crippen LogP contribution in [0.4, 0.5) is 0 Å². The minimum atomic E-state index is -4.74. The first-order valence-electron chi connectivity index (χ1n) is 13.5. The Morgan fingerprint density at radius 1 is 0.553 bits per heavy atom. The van der Waals surface area contributed by atoms with Gasteiger partial charge in [-0.2, -0.15) is 0 Å². The number of nitrogens with zero attached hydrogens (tertiary/aromatic N) is 2. The van der Waals surface area contributed by atoms with E-state index in [1.807, 2.05) is 0 Å². The molecule has 2 saturated carbocycles. The summed E-state index contributed by atoms with van der Waals surface area (Å²) < 4.78 is 68.5. The molecule has 0 bridgehead atoms. The maximum atomic E-state index is 11.0. The maximum Gasteiger partial charge on any atom is 0.125 e. The molecule has 0 unspecified atom stereocenters. The van der Waals surface area contributed by atoms with Gasteiger partial charge in [0.15, 0.2) is 0 Å². The van der Waals surface area contributed by atoms with Crippen molar-refractivity contribution in [2.75, 3.05) is 42.3 Å². The van der Waals surface area contributed by atoms with Crippen molar-refractivity contribution >= 4 is 31.0 Å². The van der Waals surface area contributed by atoms with E-state index < -0.39 is 30.0 Å². The van der Waals surface area contributed by atoms with Crippen LogP contribution in [-0.4, -0.2) is 89.3 Å². The fourth-order valence-electron chi connectivity index (χ4n) is 5.40. The van der Waals surface area contributed by atoms with Crippen molar-refractivity contribution in [3.8, 4) is 0 Å². The highest BCUT2D eigenvalue weighted by Gasteiger charge is 2.25. The Balaban J connectivity index is 0.000000216. The van der Waals surface area contributed by atoms with Crippen LogP contribution in [0.25, 0.3) is 10.8 Å². The lowest BCUT2D eigenvalue weighted by atomic mass is 9.94. The molecule has 216 valence electrons. The minimum Gasteiger partial charge on any atom is -0.744 e. The molecule has 0 heterocycles. The van der Waals surface area contributed by atoms with Crippen molar-refractivity contribution in [2.45, 2.75) is 86.1 Å². The van der Waals surface area contributed by atoms with Gasteiger partial charge in [0.1, 0.15) is 20.2 Å². The Labute approximate surface area is 230 Å². The van der Waals surface area contributed by atoms with Gasteiger partial charge in [0, 0.05) is 10.8 Å². The summed E-state index contributed by atoms with van der Waals surface area (Å²) in [5, 5.41) is -0.158. The van der Waals surface area contributed by atoms with Crippen molar-refractivity contribution in [1.29, 1.82) is 0 Å². The van der Waals surface area contributed by atoms with Gasteiger partial charge >= 0.3 is 0 Å². The summed E-state index contributed by atoms with van der Waals surface area (Å²) in [6.07, 6.45) is 14.6. The third-order valence-electron chi connectivity index (χ3n) is 7.72. The van der Waals surface area contributed by atoms with Crippen LogP contribution >= 0.6 is 0 Å². The molecule has 2 aliphatic carbocycles. The second-order valence-corrected chi connectivity index (χ2v) is 15.0. The number of hydrogen-bond acceptors (Lipinski definition) is 6. The van der Waals surface area contributed by atoms with E-state index in [2.05, 4.69) is 42.3 Å². The molecule has 0 aliphatic heterocycles. The van der Waals surface area contributed by atoms with E-state index in [1.54, 1.807) is 0 Å². The first kappa shape index (κ1) is 32.7. The van der Waals surface area contributed by atoms with E-state index in [9.17, 15) is 25.9 Å². The monoisotopic (exact) mass is 570 g/mol. The summed E-state index contributed by atoms with van der Waals surface area (Å²) in [5.74, 6) is 0. The van der Waals surface area contributed by atoms with Crippen molar-refractivity contribution < 1.29 is 34.9 Å². The first-order valence-corrected chi connectivity index (χ1v) is 16.3. The fourth-order valence-corrected chi connectivity index (χ4v) is 6.78. The van der Waals surface area contributed by atoms with Gasteiger partial charge in [-0.1, -0.05) is 37.1 Å². The largest absolute Gasteiger partial charge is 0.744 e. The van der Waals surface area contributed by atoms with Gasteiger partial charge in [-0.15, -0.1) is 0 Å². The molecule has 2 aromatic rings. The fraction of sp³-hybridized carbons (Fsp3) is 0.643. The van der Waals surface area contributed by atoms with E-state index in [0.29, 0.717) is 0 Å². The van der Waals surface area contributed by atoms with Gasteiger partial charge in [0.05, 0.1) is 64.2 Å². The first-order chi connectivity index (χ1) is 17.4. The van der Waals surface area contributed by atoms with Crippen molar-refractivity contribution in [3.63, 3.8) is 0 Å². The summed E-state index contributed by atoms with van der Waals surface area (Å²) in [5.41, 5.74) is 0. The maximum absolute atomic E-state index is 11.0. The molecule has 38 heavy (non-hydrogen) atoms. The van der Waals surface area contributed by atoms with Crippen LogP contribution in [0.3, 0.4) is 0 Å². The van der Waals surface area contributed by atoms with Crippen molar-refractivity contribution in [1.82, 2.24) is 0 Å². The summed E-state index contributed by atoms with van der Waals surface area (Å²) in [4.78, 5) is -1.10. The summed E-state index contributed by atoms with van der Waals surface area (Å²) in [6, 6.07) is 8.97. The molecule has 4 rings (SSSR count). The molecular formula is C28H46N2O6S2. The molecule has 2 aliphatic rings. The lowest BCUT2D eigenvalue weighted by Gasteiger charge is -2.36. The molecule has 2 aromatic carbocycles. The Morgan fingerprint density at radius 2 is 0.842 bits per heavy atom. The highest BCUT2D eigenvalue weighted by molar-refractivity contribution is 7.86. The predicted molar refractivity (Wildman–Crippen MR) is 150 cm³/mol. The Bertz CT molecular complexity index is 1150. The summed E-state index contributed by atoms with van der Waals surface area (Å²) in [7, 11) is 4.42. The van der Waals surface area contributed by atoms with Gasteiger partial charge in [-0.3, -0.25) is 0 Å². The second kappa shape index (κ2) is 13.2. The molecular weight excluding hydrogens is 524 g/mol. The Kier molecular flexibility index (Phi) is 11.3. The van der Waals surface area contributed by atoms with Crippen LogP contribution in [0.2, 0.25) is 0 Å². The predicted octanol–water partition coefficient (Wildman–Crippen LogP) is 4.70. The number of benzene rings is 2. The smallest absolute Gasteiger partial charge is 0.125 e. The standard InChI is InChI=1S/C10H8O6S2.2C9H20N/c11-17(12,13)9-5-1-3-7-8(9)4-2-6-10(7)18(14,15)16;2*1-10(2,3)9-7-5-4-6-8-9/h1-6H,(H,11,12,13)(H,14,15,16);2*9H,4-8H2,1-3H3/q;2*+1/p-2. The van der Waals surface area contributed by atoms with Gasteiger partial charge in [-0.25, -0.2) is 16.8 Å². The molecule has 0 atom stereocenters. The van der Waals surface area contributed by atoms with Crippen LogP contribution in [0.1, 0.15) is 64.2 Å². The van der Waals surface area contributed by atoms with Crippen LogP contribution < -0.4 is 0 Å². The normalized spacial score (nSPS) is 18.2. The number of rotatable bonds is 4. The molecule has 0 N–H and O–H groups in total. The number of hydrogen-bond donors (Lipinski definition) is 0. The van der Waals surface area contributed by atoms with E-state index in [0.717, 1.165) is 24.2 Å². The van der Waals surface area contributed by atoms with E-state index >= 15 is 0 Å². The molecule has 10 heteroatoms. The molecule has 2 fully saturated rings. The average Bonchev–Trinajstić information content (AvgIpc) is 2.83. The van der Waals surface area contributed by atoms with Crippen LogP contribution in [0.15, 0.2) is 46.2 Å². The highest BCUT2D eigenvalue weighted by atomic mass is 32.2. The van der Waals surface area contributed by atoms with Crippen molar-refractivity contribution in [3.05, 3.63) is 36.4 Å². The van der Waals surface area contributed by atoms with Crippen LogP contribution in [0, 0.1) is 0 Å². The van der Waals surface area contributed by atoms with Gasteiger partial charge in [0.25, 0.3) is 0 Å². The summed E-state index contributed by atoms with van der Waals surface area (Å²) >= 11 is 0. The highest BCUT2D eigenvalue weighted by Crippen LogP contribution is 2.28. The van der Waals surface area contributed by atoms with Crippen LogP contribution in [-0.2, 0) is 20.2 Å². The number of quaternary nitrogens is 2. The van der Waals surface area contributed by atoms with Gasteiger partial charge < -0.3 is 18.1 Å². The molecule has 0 amide bonds. The number of fused-ring (bicyclic) bond motifs is 1. The van der Waals surface area contributed by atoms with Crippen LogP contribution in [0.5, 0.6) is 0 Å². The summed E-state index contributed by atoms with van der Waals surface area (Å²) in [6.45, 7) is 0. The van der Waals surface area contributed by atoms with E-state index in [1.165, 1.54) is 97.4 Å². The third kappa shape index (κ3) is 9.88. The molecule has 0 radical (unpaired) electrons. The Morgan fingerprint density at radius 3 is 1.05 bits per heavy atom. The quantitative estimate of drug-likeness (QED) is 0.389. The molecule has 8 nitrogen and oxygen atoms in total. The molecule has 0 spiro atoms. The lowest BCUT2D eigenvalue weighted by Crippen LogP contribution is -2.45. The average molecular weight is 571 g/mol. The SMILES string of the molecule is C[N+](C)(C)C1CCCCC1.C[N+](C)(C)C1CCCCC1.O=S(=O)([O-])c1cccc2c(S(=O)(=O)[O-])cccc12. The van der Waals surface area contributed by atoms with Crippen molar-refractivity contribution in [2.24, 2.45) is 0 Å². The van der Waals surface area contributed by atoms with E-state index in [4.69, 9.17) is 0 Å². The zero-order valence-corrected chi connectivity index (χ0v) is 25.5. The lowest BCUT2D eigenvalue weighted by molar-refractivity contribution is -0.897. The second-order valence-electron chi connectivity index (χ2n) is 12.3. The van der Waals surface area contributed by atoms with Gasteiger partial charge in [0.2, 0.25) is 0 Å². The minimum absolute atomic E-state index is 0.0792. The van der Waals surface area contributed by atoms with Gasteiger partial charge in [-0.05, 0) is 63.5 Å². The molecule has 0 aromatic heterocycles. The topological polar surface area (TPSA) is 114 Å². The molecule has 0 saturated heterocycles. The zero-order valence-electron chi connectivity index (χ0n) is 23.9. The van der Waals surface area contributed by atoms with E-state index in [-0.39, 0.29) is 10.8 Å². The third-order valence-corrected chi connectivity index (χ3v) is 9.51. The zero-order chi connectivity index (χ0) is 28.8.